The van der Waals surface area contributed by atoms with E-state index in [1.165, 1.54) is 0 Å². The van der Waals surface area contributed by atoms with Crippen molar-refractivity contribution in [3.05, 3.63) is 29.8 Å². The molecule has 0 amide bonds. The summed E-state index contributed by atoms with van der Waals surface area (Å²) in [7, 11) is 0. The summed E-state index contributed by atoms with van der Waals surface area (Å²) in [6.45, 7) is 1.51. The zero-order chi connectivity index (χ0) is 11.5. The van der Waals surface area contributed by atoms with Crippen molar-refractivity contribution >= 4 is 30.0 Å². The molecular formula is C11H14ClN3O2. The fraction of sp³-hybridized carbons (Fsp3) is 0.273. The number of benzene rings is 1. The lowest BCUT2D eigenvalue weighted by Gasteiger charge is -2.26. The Hall–Kier alpha value is -1.75. The Labute approximate surface area is 105 Å². The topological polar surface area (TPSA) is 78.9 Å². The number of halogens is 1. The summed E-state index contributed by atoms with van der Waals surface area (Å²) >= 11 is 0. The van der Waals surface area contributed by atoms with E-state index in [4.69, 9.17) is 10.8 Å². The first-order valence-electron chi connectivity index (χ1n) is 5.09. The van der Waals surface area contributed by atoms with Crippen LogP contribution in [-0.2, 0) is 0 Å². The third kappa shape index (κ3) is 2.88. The molecule has 0 aliphatic carbocycles. The molecule has 17 heavy (non-hydrogen) atoms. The van der Waals surface area contributed by atoms with Crippen molar-refractivity contribution in [3.63, 3.8) is 0 Å². The maximum atomic E-state index is 10.8. The van der Waals surface area contributed by atoms with Gasteiger partial charge in [0.15, 0.2) is 5.96 Å². The molecule has 1 heterocycles. The minimum absolute atomic E-state index is 0. The third-order valence-corrected chi connectivity index (χ3v) is 2.49. The summed E-state index contributed by atoms with van der Waals surface area (Å²) in [5.74, 6) is -0.483. The summed E-state index contributed by atoms with van der Waals surface area (Å²) < 4.78 is 0. The molecule has 5 nitrogen and oxygen atoms in total. The number of rotatable bonds is 2. The average molecular weight is 256 g/mol. The maximum Gasteiger partial charge on any atom is 0.335 e. The van der Waals surface area contributed by atoms with Gasteiger partial charge in [-0.25, -0.2) is 4.79 Å². The smallest absolute Gasteiger partial charge is 0.335 e. The molecule has 0 saturated carbocycles. The van der Waals surface area contributed by atoms with Gasteiger partial charge in [0.25, 0.3) is 0 Å². The Morgan fingerprint density at radius 2 is 2.24 bits per heavy atom. The van der Waals surface area contributed by atoms with Crippen LogP contribution >= 0.6 is 12.4 Å². The molecule has 0 bridgehead atoms. The number of hydrogen-bond donors (Lipinski definition) is 2. The fourth-order valence-electron chi connectivity index (χ4n) is 1.69. The molecule has 1 aromatic rings. The van der Waals surface area contributed by atoms with E-state index in [-0.39, 0.29) is 18.0 Å². The van der Waals surface area contributed by atoms with Gasteiger partial charge >= 0.3 is 5.97 Å². The predicted molar refractivity (Wildman–Crippen MR) is 69.1 cm³/mol. The van der Waals surface area contributed by atoms with Gasteiger partial charge < -0.3 is 15.7 Å². The van der Waals surface area contributed by atoms with Gasteiger partial charge in [-0.05, 0) is 24.6 Å². The fourth-order valence-corrected chi connectivity index (χ4v) is 1.69. The monoisotopic (exact) mass is 255 g/mol. The van der Waals surface area contributed by atoms with Gasteiger partial charge in [-0.15, -0.1) is 12.4 Å². The molecule has 92 valence electrons. The highest BCUT2D eigenvalue weighted by molar-refractivity contribution is 5.97. The maximum absolute atomic E-state index is 10.8. The molecule has 1 aliphatic rings. The number of carbonyl (C=O) groups is 1. The van der Waals surface area contributed by atoms with Gasteiger partial charge in [-0.3, -0.25) is 4.99 Å². The second-order valence-corrected chi connectivity index (χ2v) is 3.60. The van der Waals surface area contributed by atoms with Gasteiger partial charge in [-0.1, -0.05) is 6.07 Å². The number of aromatic carboxylic acids is 1. The molecule has 1 aliphatic heterocycles. The van der Waals surface area contributed by atoms with Crippen LogP contribution in [-0.4, -0.2) is 30.1 Å². The zero-order valence-electron chi connectivity index (χ0n) is 9.17. The van der Waals surface area contributed by atoms with E-state index < -0.39 is 5.97 Å². The van der Waals surface area contributed by atoms with Gasteiger partial charge in [-0.2, -0.15) is 0 Å². The van der Waals surface area contributed by atoms with E-state index in [0.717, 1.165) is 25.2 Å². The average Bonchev–Trinajstić information content (AvgIpc) is 2.30. The van der Waals surface area contributed by atoms with Crippen LogP contribution in [0.4, 0.5) is 5.69 Å². The second-order valence-electron chi connectivity index (χ2n) is 3.60. The van der Waals surface area contributed by atoms with Crippen LogP contribution in [0, 0.1) is 0 Å². The molecule has 6 heteroatoms. The molecule has 0 atom stereocenters. The largest absolute Gasteiger partial charge is 0.478 e. The lowest BCUT2D eigenvalue weighted by Crippen LogP contribution is -2.41. The normalized spacial score (nSPS) is 14.8. The molecular weight excluding hydrogens is 242 g/mol. The highest BCUT2D eigenvalue weighted by atomic mass is 35.5. The molecule has 0 radical (unpaired) electrons. The van der Waals surface area contributed by atoms with Crippen molar-refractivity contribution in [1.29, 1.82) is 0 Å². The Bertz CT molecular complexity index is 448. The van der Waals surface area contributed by atoms with Gasteiger partial charge in [0.1, 0.15) is 0 Å². The van der Waals surface area contributed by atoms with Crippen LogP contribution in [0.25, 0.3) is 0 Å². The van der Waals surface area contributed by atoms with Crippen molar-refractivity contribution in [3.8, 4) is 0 Å². The highest BCUT2D eigenvalue weighted by Crippen LogP contribution is 2.18. The second kappa shape index (κ2) is 5.54. The molecule has 0 fully saturated rings. The van der Waals surface area contributed by atoms with Gasteiger partial charge in [0.05, 0.1) is 5.56 Å². The van der Waals surface area contributed by atoms with E-state index in [2.05, 4.69) is 4.99 Å². The van der Waals surface area contributed by atoms with Gasteiger partial charge in [0, 0.05) is 18.8 Å². The third-order valence-electron chi connectivity index (χ3n) is 2.49. The quantitative estimate of drug-likeness (QED) is 0.836. The van der Waals surface area contributed by atoms with Crippen LogP contribution < -0.4 is 10.6 Å². The molecule has 2 rings (SSSR count). The molecule has 0 saturated heterocycles. The lowest BCUT2D eigenvalue weighted by molar-refractivity contribution is 0.0697. The van der Waals surface area contributed by atoms with Crippen LogP contribution in [0.1, 0.15) is 16.8 Å². The first-order chi connectivity index (χ1) is 7.68. The van der Waals surface area contributed by atoms with E-state index in [1.807, 2.05) is 11.0 Å². The number of carboxylic acids is 1. The number of nitrogens with two attached hydrogens (primary N) is 1. The van der Waals surface area contributed by atoms with Crippen LogP contribution in [0.5, 0.6) is 0 Å². The highest BCUT2D eigenvalue weighted by Gasteiger charge is 2.15. The van der Waals surface area contributed by atoms with Gasteiger partial charge in [0.2, 0.25) is 0 Å². The van der Waals surface area contributed by atoms with E-state index in [1.54, 1.807) is 18.2 Å². The van der Waals surface area contributed by atoms with Crippen LogP contribution in [0.3, 0.4) is 0 Å². The number of carboxylic acid groups (broad SMARTS) is 1. The molecule has 0 aromatic heterocycles. The van der Waals surface area contributed by atoms with Crippen molar-refractivity contribution in [1.82, 2.24) is 0 Å². The summed E-state index contributed by atoms with van der Waals surface area (Å²) in [5.41, 5.74) is 6.80. The standard InChI is InChI=1S/C11H13N3O2.ClH/c12-11-13-5-2-6-14(11)9-4-1-3-8(7-9)10(15)16;/h1,3-4,7H,2,5-6H2,(H2,12,13)(H,15,16);1H. The predicted octanol–water partition coefficient (Wildman–Crippen LogP) is 1.33. The van der Waals surface area contributed by atoms with Crippen molar-refractivity contribution < 1.29 is 9.90 Å². The van der Waals surface area contributed by atoms with E-state index >= 15 is 0 Å². The number of aliphatic imine (C=N–C) groups is 1. The van der Waals surface area contributed by atoms with E-state index in [0.29, 0.717) is 5.96 Å². The Balaban J connectivity index is 0.00000144. The summed E-state index contributed by atoms with van der Waals surface area (Å²) in [4.78, 5) is 16.8. The first kappa shape index (κ1) is 13.3. The SMILES string of the molecule is Cl.NC1=NCCCN1c1cccc(C(=O)O)c1. The van der Waals surface area contributed by atoms with E-state index in [9.17, 15) is 4.79 Å². The van der Waals surface area contributed by atoms with Crippen LogP contribution in [0.15, 0.2) is 29.3 Å². The number of anilines is 1. The first-order valence-corrected chi connectivity index (χ1v) is 5.09. The lowest BCUT2D eigenvalue weighted by atomic mass is 10.2. The Morgan fingerprint density at radius 3 is 2.88 bits per heavy atom. The Morgan fingerprint density at radius 1 is 1.47 bits per heavy atom. The molecule has 0 unspecified atom stereocenters. The summed E-state index contributed by atoms with van der Waals surface area (Å²) in [6, 6.07) is 6.71. The number of guanidine groups is 1. The molecule has 0 spiro atoms. The molecule has 3 N–H and O–H groups in total. The summed E-state index contributed by atoms with van der Waals surface area (Å²) in [6.07, 6.45) is 0.929. The summed E-state index contributed by atoms with van der Waals surface area (Å²) in [5, 5.41) is 8.89. The minimum atomic E-state index is -0.936. The van der Waals surface area contributed by atoms with Crippen molar-refractivity contribution in [2.75, 3.05) is 18.0 Å². The minimum Gasteiger partial charge on any atom is -0.478 e. The molecule has 1 aromatic carbocycles. The number of nitrogens with zero attached hydrogens (tertiary/aromatic N) is 2. The van der Waals surface area contributed by atoms with Crippen molar-refractivity contribution in [2.24, 2.45) is 10.7 Å². The number of hydrogen-bond acceptors (Lipinski definition) is 4. The van der Waals surface area contributed by atoms with Crippen molar-refractivity contribution in [2.45, 2.75) is 6.42 Å². The zero-order valence-corrected chi connectivity index (χ0v) is 9.98. The Kier molecular flexibility index (Phi) is 4.34. The van der Waals surface area contributed by atoms with Crippen LogP contribution in [0.2, 0.25) is 0 Å².